The first-order valence-corrected chi connectivity index (χ1v) is 3.94. The Morgan fingerprint density at radius 3 is 2.31 bits per heavy atom. The van der Waals surface area contributed by atoms with E-state index in [1.165, 1.54) is 6.92 Å². The molecular weight excluding hydrogens is 185 g/mol. The molecule has 0 aliphatic rings. The quantitative estimate of drug-likeness (QED) is 0.637. The predicted octanol–water partition coefficient (Wildman–Crippen LogP) is 0.664. The van der Waals surface area contributed by atoms with Crippen molar-refractivity contribution in [2.24, 2.45) is 0 Å². The highest BCUT2D eigenvalue weighted by Crippen LogP contribution is 2.17. The van der Waals surface area contributed by atoms with E-state index in [0.717, 1.165) is 0 Å². The number of carbonyl (C=O) groups is 1. The van der Waals surface area contributed by atoms with Crippen molar-refractivity contribution in [3.05, 3.63) is 0 Å². The van der Waals surface area contributed by atoms with Crippen LogP contribution in [0.1, 0.15) is 13.3 Å². The Kier molecular flexibility index (Phi) is 5.45. The molecule has 0 fully saturated rings. The van der Waals surface area contributed by atoms with Crippen LogP contribution in [-0.2, 0) is 4.79 Å². The van der Waals surface area contributed by atoms with Gasteiger partial charge >= 0.3 is 6.18 Å². The summed E-state index contributed by atoms with van der Waals surface area (Å²) in [6, 6.07) is 0. The van der Waals surface area contributed by atoms with Gasteiger partial charge in [0.2, 0.25) is 5.91 Å². The maximum Gasteiger partial charge on any atom is 0.390 e. The van der Waals surface area contributed by atoms with Gasteiger partial charge in [-0.15, -0.1) is 0 Å². The lowest BCUT2D eigenvalue weighted by molar-refractivity contribution is -0.133. The Morgan fingerprint density at radius 1 is 1.23 bits per heavy atom. The zero-order valence-corrected chi connectivity index (χ0v) is 7.37. The van der Waals surface area contributed by atoms with Crippen LogP contribution < -0.4 is 10.6 Å². The van der Waals surface area contributed by atoms with E-state index >= 15 is 0 Å². The van der Waals surface area contributed by atoms with E-state index in [0.29, 0.717) is 13.1 Å². The predicted molar refractivity (Wildman–Crippen MR) is 42.2 cm³/mol. The molecule has 0 atom stereocenters. The number of rotatable bonds is 5. The molecule has 0 unspecified atom stereocenters. The summed E-state index contributed by atoms with van der Waals surface area (Å²) >= 11 is 0. The van der Waals surface area contributed by atoms with Gasteiger partial charge in [0.25, 0.3) is 0 Å². The third-order valence-corrected chi connectivity index (χ3v) is 1.26. The van der Waals surface area contributed by atoms with Gasteiger partial charge in [-0.25, -0.2) is 0 Å². The maximum atomic E-state index is 11.6. The normalized spacial score (nSPS) is 11.4. The van der Waals surface area contributed by atoms with E-state index in [4.69, 9.17) is 0 Å². The largest absolute Gasteiger partial charge is 0.390 e. The second kappa shape index (κ2) is 5.80. The molecule has 0 saturated heterocycles. The first-order chi connectivity index (χ1) is 5.92. The van der Waals surface area contributed by atoms with Crippen LogP contribution in [0.15, 0.2) is 0 Å². The van der Waals surface area contributed by atoms with Crippen molar-refractivity contribution < 1.29 is 18.0 Å². The molecule has 0 bridgehead atoms. The molecule has 0 aliphatic carbocycles. The summed E-state index contributed by atoms with van der Waals surface area (Å²) in [6.07, 6.45) is -4.95. The minimum Gasteiger partial charge on any atom is -0.355 e. The van der Waals surface area contributed by atoms with Gasteiger partial charge in [-0.2, -0.15) is 13.2 Å². The molecule has 2 N–H and O–H groups in total. The zero-order valence-electron chi connectivity index (χ0n) is 7.37. The maximum absolute atomic E-state index is 11.6. The van der Waals surface area contributed by atoms with E-state index in [1.54, 1.807) is 0 Å². The Labute approximate surface area is 74.7 Å². The second-order valence-corrected chi connectivity index (χ2v) is 2.60. The van der Waals surface area contributed by atoms with Crippen LogP contribution in [0.25, 0.3) is 0 Å². The van der Waals surface area contributed by atoms with Crippen molar-refractivity contribution >= 4 is 5.91 Å². The van der Waals surface area contributed by atoms with Crippen LogP contribution in [0, 0.1) is 0 Å². The summed E-state index contributed by atoms with van der Waals surface area (Å²) in [5, 5.41) is 5.02. The van der Waals surface area contributed by atoms with Gasteiger partial charge in [-0.3, -0.25) is 4.79 Å². The smallest absolute Gasteiger partial charge is 0.355 e. The molecule has 78 valence electrons. The molecule has 13 heavy (non-hydrogen) atoms. The minimum atomic E-state index is -4.11. The molecule has 0 heterocycles. The van der Waals surface area contributed by atoms with Gasteiger partial charge in [0.15, 0.2) is 0 Å². The number of carbonyl (C=O) groups excluding carboxylic acids is 1. The Hall–Kier alpha value is -0.780. The van der Waals surface area contributed by atoms with Gasteiger partial charge in [-0.05, 0) is 0 Å². The number of nitrogens with one attached hydrogen (secondary N) is 2. The number of hydrogen-bond acceptors (Lipinski definition) is 2. The van der Waals surface area contributed by atoms with E-state index in [9.17, 15) is 18.0 Å². The van der Waals surface area contributed by atoms with Crippen LogP contribution in [-0.4, -0.2) is 31.7 Å². The van der Waals surface area contributed by atoms with Crippen molar-refractivity contribution in [3.8, 4) is 0 Å². The average Bonchev–Trinajstić information content (AvgIpc) is 1.93. The SMILES string of the molecule is CC(=O)NCCNCCC(F)(F)F. The summed E-state index contributed by atoms with van der Waals surface area (Å²) in [6.45, 7) is 1.96. The van der Waals surface area contributed by atoms with E-state index in [2.05, 4.69) is 10.6 Å². The van der Waals surface area contributed by atoms with Gasteiger partial charge in [-0.1, -0.05) is 0 Å². The molecule has 0 aromatic rings. The topological polar surface area (TPSA) is 41.1 Å². The third kappa shape index (κ3) is 11.2. The Bertz CT molecular complexity index is 158. The molecule has 1 amide bonds. The van der Waals surface area contributed by atoms with Crippen molar-refractivity contribution in [1.29, 1.82) is 0 Å². The lowest BCUT2D eigenvalue weighted by Crippen LogP contribution is -2.31. The standard InChI is InChI=1S/C7H13F3N2O/c1-6(13)12-5-4-11-3-2-7(8,9)10/h11H,2-5H2,1H3,(H,12,13). The monoisotopic (exact) mass is 198 g/mol. The molecular formula is C7H13F3N2O. The Morgan fingerprint density at radius 2 is 1.85 bits per heavy atom. The lowest BCUT2D eigenvalue weighted by Gasteiger charge is -2.07. The van der Waals surface area contributed by atoms with Crippen molar-refractivity contribution in [2.45, 2.75) is 19.5 Å². The van der Waals surface area contributed by atoms with Crippen LogP contribution in [0.2, 0.25) is 0 Å². The average molecular weight is 198 g/mol. The number of alkyl halides is 3. The molecule has 0 aromatic carbocycles. The van der Waals surface area contributed by atoms with E-state index < -0.39 is 12.6 Å². The first kappa shape index (κ1) is 12.2. The molecule has 0 aromatic heterocycles. The molecule has 3 nitrogen and oxygen atoms in total. The van der Waals surface area contributed by atoms with Gasteiger partial charge in [0, 0.05) is 26.6 Å². The second-order valence-electron chi connectivity index (χ2n) is 2.60. The lowest BCUT2D eigenvalue weighted by atomic mass is 10.4. The summed E-state index contributed by atoms with van der Waals surface area (Å²) in [5.74, 6) is -0.183. The van der Waals surface area contributed by atoms with E-state index in [1.807, 2.05) is 0 Å². The first-order valence-electron chi connectivity index (χ1n) is 3.94. The number of amides is 1. The summed E-state index contributed by atoms with van der Waals surface area (Å²) in [4.78, 5) is 10.3. The van der Waals surface area contributed by atoms with Gasteiger partial charge < -0.3 is 10.6 Å². The molecule has 0 saturated carbocycles. The van der Waals surface area contributed by atoms with Crippen molar-refractivity contribution in [2.75, 3.05) is 19.6 Å². The summed E-state index contributed by atoms with van der Waals surface area (Å²) in [7, 11) is 0. The van der Waals surface area contributed by atoms with Crippen LogP contribution in [0.4, 0.5) is 13.2 Å². The minimum absolute atomic E-state index is 0.108. The molecule has 0 radical (unpaired) electrons. The van der Waals surface area contributed by atoms with Gasteiger partial charge in [0.05, 0.1) is 6.42 Å². The zero-order chi connectivity index (χ0) is 10.3. The fourth-order valence-electron chi connectivity index (χ4n) is 0.682. The molecule has 0 spiro atoms. The fraction of sp³-hybridized carbons (Fsp3) is 0.857. The number of halogens is 3. The molecule has 6 heteroatoms. The van der Waals surface area contributed by atoms with Crippen LogP contribution in [0.5, 0.6) is 0 Å². The molecule has 0 aliphatic heterocycles. The van der Waals surface area contributed by atoms with Crippen molar-refractivity contribution in [3.63, 3.8) is 0 Å². The van der Waals surface area contributed by atoms with Crippen LogP contribution >= 0.6 is 0 Å². The third-order valence-electron chi connectivity index (χ3n) is 1.26. The molecule has 0 rings (SSSR count). The Balaban J connectivity index is 3.13. The van der Waals surface area contributed by atoms with Crippen LogP contribution in [0.3, 0.4) is 0 Å². The van der Waals surface area contributed by atoms with E-state index in [-0.39, 0.29) is 12.5 Å². The summed E-state index contributed by atoms with van der Waals surface area (Å²) in [5.41, 5.74) is 0. The summed E-state index contributed by atoms with van der Waals surface area (Å²) < 4.78 is 34.7. The highest BCUT2D eigenvalue weighted by Gasteiger charge is 2.25. The number of hydrogen-bond donors (Lipinski definition) is 2. The fourth-order valence-corrected chi connectivity index (χ4v) is 0.682. The van der Waals surface area contributed by atoms with Crippen molar-refractivity contribution in [1.82, 2.24) is 10.6 Å². The highest BCUT2D eigenvalue weighted by atomic mass is 19.4. The highest BCUT2D eigenvalue weighted by molar-refractivity contribution is 5.72. The van der Waals surface area contributed by atoms with Gasteiger partial charge in [0.1, 0.15) is 0 Å².